The highest BCUT2D eigenvalue weighted by molar-refractivity contribution is 5.91. The SMILES string of the molecule is N#Cc1cc(C(F)F)c(CO)cc1C(=O)O. The molecule has 0 aliphatic heterocycles. The highest BCUT2D eigenvalue weighted by Crippen LogP contribution is 2.26. The van der Waals surface area contributed by atoms with E-state index < -0.39 is 30.1 Å². The number of alkyl halides is 2. The Morgan fingerprint density at radius 3 is 2.50 bits per heavy atom. The standard InChI is InChI=1S/C10H7F2NO3/c11-9(12)7-1-5(3-13)8(10(15)16)2-6(7)4-14/h1-2,9,14H,4H2,(H,15,16). The van der Waals surface area contributed by atoms with Gasteiger partial charge >= 0.3 is 5.97 Å². The van der Waals surface area contributed by atoms with Gasteiger partial charge in [0, 0.05) is 5.56 Å². The molecule has 0 spiro atoms. The summed E-state index contributed by atoms with van der Waals surface area (Å²) in [5.74, 6) is -1.40. The molecule has 4 nitrogen and oxygen atoms in total. The molecule has 2 N–H and O–H groups in total. The van der Waals surface area contributed by atoms with Crippen molar-refractivity contribution < 1.29 is 23.8 Å². The van der Waals surface area contributed by atoms with Gasteiger partial charge in [-0.05, 0) is 17.7 Å². The summed E-state index contributed by atoms with van der Waals surface area (Å²) in [6.07, 6.45) is -2.86. The fourth-order valence-corrected chi connectivity index (χ4v) is 1.27. The second-order valence-corrected chi connectivity index (χ2v) is 2.97. The summed E-state index contributed by atoms with van der Waals surface area (Å²) in [7, 11) is 0. The van der Waals surface area contributed by atoms with E-state index in [2.05, 4.69) is 0 Å². The molecule has 0 atom stereocenters. The molecule has 0 unspecified atom stereocenters. The maximum atomic E-state index is 12.5. The van der Waals surface area contributed by atoms with Gasteiger partial charge in [-0.2, -0.15) is 5.26 Å². The van der Waals surface area contributed by atoms with Crippen LogP contribution in [0.25, 0.3) is 0 Å². The normalized spacial score (nSPS) is 10.2. The molecule has 0 saturated carbocycles. The van der Waals surface area contributed by atoms with E-state index in [-0.39, 0.29) is 11.1 Å². The Balaban J connectivity index is 3.48. The van der Waals surface area contributed by atoms with Gasteiger partial charge in [0.25, 0.3) is 6.43 Å². The van der Waals surface area contributed by atoms with Crippen LogP contribution in [0.5, 0.6) is 0 Å². The molecular weight excluding hydrogens is 220 g/mol. The van der Waals surface area contributed by atoms with E-state index in [0.29, 0.717) is 0 Å². The van der Waals surface area contributed by atoms with E-state index in [4.69, 9.17) is 15.5 Å². The Bertz CT molecular complexity index is 466. The summed E-state index contributed by atoms with van der Waals surface area (Å²) in [6.45, 7) is -0.703. The maximum absolute atomic E-state index is 12.5. The average molecular weight is 227 g/mol. The number of rotatable bonds is 3. The number of nitriles is 1. The molecule has 6 heteroatoms. The van der Waals surface area contributed by atoms with Crippen molar-refractivity contribution in [2.75, 3.05) is 0 Å². The van der Waals surface area contributed by atoms with Crippen LogP contribution >= 0.6 is 0 Å². The van der Waals surface area contributed by atoms with E-state index in [1.165, 1.54) is 6.07 Å². The van der Waals surface area contributed by atoms with Crippen LogP contribution in [0.4, 0.5) is 8.78 Å². The minimum atomic E-state index is -2.86. The first-order valence-corrected chi connectivity index (χ1v) is 4.20. The predicted molar refractivity (Wildman–Crippen MR) is 49.0 cm³/mol. The molecule has 1 aromatic carbocycles. The minimum absolute atomic E-state index is 0.189. The van der Waals surface area contributed by atoms with E-state index in [1.54, 1.807) is 0 Å². The fourth-order valence-electron chi connectivity index (χ4n) is 1.27. The molecule has 0 amide bonds. The van der Waals surface area contributed by atoms with Crippen molar-refractivity contribution >= 4 is 5.97 Å². The summed E-state index contributed by atoms with van der Waals surface area (Å²) in [5.41, 5.74) is -1.45. The third-order valence-electron chi connectivity index (χ3n) is 2.04. The molecule has 16 heavy (non-hydrogen) atoms. The molecule has 0 heterocycles. The Hall–Kier alpha value is -2.00. The van der Waals surface area contributed by atoms with Crippen LogP contribution in [0, 0.1) is 11.3 Å². The van der Waals surface area contributed by atoms with Crippen molar-refractivity contribution in [3.8, 4) is 6.07 Å². The van der Waals surface area contributed by atoms with Gasteiger partial charge < -0.3 is 10.2 Å². The van der Waals surface area contributed by atoms with Gasteiger partial charge in [-0.25, -0.2) is 13.6 Å². The second kappa shape index (κ2) is 4.68. The summed E-state index contributed by atoms with van der Waals surface area (Å²) in [6, 6.07) is 3.21. The maximum Gasteiger partial charge on any atom is 0.337 e. The number of halogens is 2. The quantitative estimate of drug-likeness (QED) is 0.823. The Morgan fingerprint density at radius 2 is 2.12 bits per heavy atom. The smallest absolute Gasteiger partial charge is 0.337 e. The van der Waals surface area contributed by atoms with Crippen LogP contribution in [0.3, 0.4) is 0 Å². The number of aliphatic hydroxyl groups excluding tert-OH is 1. The van der Waals surface area contributed by atoms with Gasteiger partial charge in [0.2, 0.25) is 0 Å². The lowest BCUT2D eigenvalue weighted by molar-refractivity contribution is 0.0695. The second-order valence-electron chi connectivity index (χ2n) is 2.97. The van der Waals surface area contributed by atoms with Crippen molar-refractivity contribution in [3.63, 3.8) is 0 Å². The molecule has 1 aromatic rings. The zero-order valence-electron chi connectivity index (χ0n) is 7.94. The lowest BCUT2D eigenvalue weighted by Crippen LogP contribution is -2.05. The molecule has 0 radical (unpaired) electrons. The summed E-state index contributed by atoms with van der Waals surface area (Å²) < 4.78 is 25.0. The van der Waals surface area contributed by atoms with Crippen LogP contribution < -0.4 is 0 Å². The zero-order valence-corrected chi connectivity index (χ0v) is 7.94. The first kappa shape index (κ1) is 12.1. The molecule has 0 aliphatic rings. The number of aromatic carboxylic acids is 1. The topological polar surface area (TPSA) is 81.3 Å². The molecule has 1 rings (SSSR count). The van der Waals surface area contributed by atoms with Crippen LogP contribution in [0.2, 0.25) is 0 Å². The zero-order chi connectivity index (χ0) is 12.3. The number of benzene rings is 1. The fraction of sp³-hybridized carbons (Fsp3) is 0.200. The highest BCUT2D eigenvalue weighted by Gasteiger charge is 2.19. The van der Waals surface area contributed by atoms with Crippen molar-refractivity contribution in [1.29, 1.82) is 5.26 Å². The molecular formula is C10H7F2NO3. The van der Waals surface area contributed by atoms with Gasteiger partial charge in [-0.3, -0.25) is 0 Å². The highest BCUT2D eigenvalue weighted by atomic mass is 19.3. The lowest BCUT2D eigenvalue weighted by Gasteiger charge is -2.08. The molecule has 0 fully saturated rings. The predicted octanol–water partition coefficient (Wildman–Crippen LogP) is 1.69. The van der Waals surface area contributed by atoms with E-state index in [9.17, 15) is 13.6 Å². The Kier molecular flexibility index (Phi) is 3.53. The van der Waals surface area contributed by atoms with Crippen LogP contribution in [-0.4, -0.2) is 16.2 Å². The molecule has 0 saturated heterocycles. The molecule has 0 aliphatic carbocycles. The number of carboxylic acids is 1. The van der Waals surface area contributed by atoms with Gasteiger partial charge in [0.15, 0.2) is 0 Å². The number of hydrogen-bond acceptors (Lipinski definition) is 3. The minimum Gasteiger partial charge on any atom is -0.478 e. The van der Waals surface area contributed by atoms with Gasteiger partial charge in [-0.15, -0.1) is 0 Å². The summed E-state index contributed by atoms with van der Waals surface area (Å²) in [5, 5.41) is 26.2. The van der Waals surface area contributed by atoms with Gasteiger partial charge in [-0.1, -0.05) is 0 Å². The third kappa shape index (κ3) is 2.15. The van der Waals surface area contributed by atoms with Crippen molar-refractivity contribution in [2.45, 2.75) is 13.0 Å². The monoisotopic (exact) mass is 227 g/mol. The number of carboxylic acid groups (broad SMARTS) is 1. The molecule has 0 bridgehead atoms. The molecule has 0 aromatic heterocycles. The summed E-state index contributed by atoms with van der Waals surface area (Å²) >= 11 is 0. The van der Waals surface area contributed by atoms with Crippen molar-refractivity contribution in [3.05, 3.63) is 34.4 Å². The van der Waals surface area contributed by atoms with Crippen molar-refractivity contribution in [2.24, 2.45) is 0 Å². The van der Waals surface area contributed by atoms with Crippen LogP contribution in [0.15, 0.2) is 12.1 Å². The first-order chi connectivity index (χ1) is 7.51. The number of hydrogen-bond donors (Lipinski definition) is 2. The number of aliphatic hydroxyl groups is 1. The Labute approximate surface area is 89.4 Å². The van der Waals surface area contributed by atoms with Crippen molar-refractivity contribution in [1.82, 2.24) is 0 Å². The van der Waals surface area contributed by atoms with E-state index in [1.807, 2.05) is 0 Å². The van der Waals surface area contributed by atoms with E-state index >= 15 is 0 Å². The first-order valence-electron chi connectivity index (χ1n) is 4.20. The average Bonchev–Trinajstić information content (AvgIpc) is 2.26. The molecule has 84 valence electrons. The van der Waals surface area contributed by atoms with Gasteiger partial charge in [0.05, 0.1) is 17.7 Å². The van der Waals surface area contributed by atoms with E-state index in [0.717, 1.165) is 12.1 Å². The largest absolute Gasteiger partial charge is 0.478 e. The number of nitrogens with zero attached hydrogens (tertiary/aromatic N) is 1. The number of carbonyl (C=O) groups is 1. The van der Waals surface area contributed by atoms with Crippen LogP contribution in [0.1, 0.15) is 33.5 Å². The summed E-state index contributed by atoms with van der Waals surface area (Å²) in [4.78, 5) is 10.7. The Morgan fingerprint density at radius 1 is 1.50 bits per heavy atom. The van der Waals surface area contributed by atoms with Gasteiger partial charge in [0.1, 0.15) is 6.07 Å². The lowest BCUT2D eigenvalue weighted by atomic mass is 9.99. The van der Waals surface area contributed by atoms with Crippen LogP contribution in [-0.2, 0) is 6.61 Å². The third-order valence-corrected chi connectivity index (χ3v) is 2.04.